The summed E-state index contributed by atoms with van der Waals surface area (Å²) in [6.07, 6.45) is 3.88. The number of para-hydroxylation sites is 1. The Morgan fingerprint density at radius 3 is 2.60 bits per heavy atom. The van der Waals surface area contributed by atoms with E-state index in [0.717, 1.165) is 31.2 Å². The summed E-state index contributed by atoms with van der Waals surface area (Å²) in [5, 5.41) is 4.78. The van der Waals surface area contributed by atoms with Gasteiger partial charge in [-0.1, -0.05) is 12.1 Å². The van der Waals surface area contributed by atoms with Crippen LogP contribution in [0, 0.1) is 0 Å². The maximum Gasteiger partial charge on any atom is 0.363 e. The van der Waals surface area contributed by atoms with Gasteiger partial charge in [-0.25, -0.2) is 4.79 Å². The molecule has 2 aliphatic heterocycles. The van der Waals surface area contributed by atoms with Crippen LogP contribution in [0.5, 0.6) is 0 Å². The monoisotopic (exact) mass is 341 g/mol. The minimum Gasteiger partial charge on any atom is -0.457 e. The molecule has 2 atom stereocenters. The molecule has 0 amide bonds. The zero-order chi connectivity index (χ0) is 17.6. The first-order valence-corrected chi connectivity index (χ1v) is 9.01. The predicted octanol–water partition coefficient (Wildman–Crippen LogP) is 2.20. The highest BCUT2D eigenvalue weighted by atomic mass is 16.5. The average Bonchev–Trinajstić information content (AvgIpc) is 2.83. The van der Waals surface area contributed by atoms with Crippen molar-refractivity contribution in [1.29, 1.82) is 0 Å². The number of esters is 1. The fraction of sp³-hybridized carbons (Fsp3) is 0.526. The molecule has 0 radical (unpaired) electrons. The molecule has 1 aromatic carbocycles. The van der Waals surface area contributed by atoms with Crippen LogP contribution in [0.15, 0.2) is 29.1 Å². The second-order valence-electron chi connectivity index (χ2n) is 7.06. The van der Waals surface area contributed by atoms with E-state index in [4.69, 9.17) is 4.74 Å². The van der Waals surface area contributed by atoms with E-state index in [9.17, 15) is 9.59 Å². The maximum atomic E-state index is 12.7. The predicted molar refractivity (Wildman–Crippen MR) is 94.7 cm³/mol. The fourth-order valence-corrected chi connectivity index (χ4v) is 4.28. The molecule has 0 aliphatic carbocycles. The van der Waals surface area contributed by atoms with Crippen LogP contribution in [-0.4, -0.2) is 45.9 Å². The van der Waals surface area contributed by atoms with E-state index in [1.54, 1.807) is 16.8 Å². The molecule has 3 heterocycles. The van der Waals surface area contributed by atoms with Crippen molar-refractivity contribution in [3.8, 4) is 0 Å². The summed E-state index contributed by atoms with van der Waals surface area (Å²) in [6, 6.07) is 8.20. The van der Waals surface area contributed by atoms with Crippen LogP contribution in [0.25, 0.3) is 10.9 Å². The number of nitrogens with zero attached hydrogens (tertiary/aromatic N) is 3. The highest BCUT2D eigenvalue weighted by Gasteiger charge is 2.40. The number of aryl methyl sites for hydroxylation is 1. The van der Waals surface area contributed by atoms with Gasteiger partial charge in [0.1, 0.15) is 6.10 Å². The number of hydrogen-bond acceptors (Lipinski definition) is 5. The number of ether oxygens (including phenoxy) is 1. The summed E-state index contributed by atoms with van der Waals surface area (Å²) in [6.45, 7) is 2.52. The number of fused-ring (bicyclic) bond motifs is 3. The molecule has 2 aromatic rings. The lowest BCUT2D eigenvalue weighted by molar-refractivity contribution is -0.00128. The van der Waals surface area contributed by atoms with Crippen LogP contribution in [0.3, 0.4) is 0 Å². The van der Waals surface area contributed by atoms with Crippen LogP contribution in [0.2, 0.25) is 0 Å². The second kappa shape index (κ2) is 6.26. The first kappa shape index (κ1) is 16.3. The molecule has 2 fully saturated rings. The zero-order valence-electron chi connectivity index (χ0n) is 14.6. The Labute approximate surface area is 146 Å². The Bertz CT molecular complexity index is 862. The summed E-state index contributed by atoms with van der Waals surface area (Å²) >= 11 is 0. The van der Waals surface area contributed by atoms with E-state index >= 15 is 0 Å². The molecule has 2 bridgehead atoms. The average molecular weight is 341 g/mol. The summed E-state index contributed by atoms with van der Waals surface area (Å²) in [7, 11) is 2.14. The lowest BCUT2D eigenvalue weighted by atomic mass is 10.0. The van der Waals surface area contributed by atoms with E-state index in [-0.39, 0.29) is 17.2 Å². The number of carbonyl (C=O) groups is 1. The molecule has 0 N–H and O–H groups in total. The molecule has 0 spiro atoms. The molecule has 4 rings (SSSR count). The highest BCUT2D eigenvalue weighted by molar-refractivity contribution is 5.91. The smallest absolute Gasteiger partial charge is 0.363 e. The van der Waals surface area contributed by atoms with E-state index in [2.05, 4.69) is 17.0 Å². The van der Waals surface area contributed by atoms with E-state index < -0.39 is 5.97 Å². The maximum absolute atomic E-state index is 12.7. The Morgan fingerprint density at radius 2 is 1.92 bits per heavy atom. The third-order valence-corrected chi connectivity index (χ3v) is 5.68. The molecule has 1 aromatic heterocycles. The number of carbonyl (C=O) groups excluding carboxylic acids is 1. The van der Waals surface area contributed by atoms with Crippen molar-refractivity contribution in [3.63, 3.8) is 0 Å². The third-order valence-electron chi connectivity index (χ3n) is 5.68. The molecule has 2 aliphatic rings. The number of hydrogen-bond donors (Lipinski definition) is 0. The lowest BCUT2D eigenvalue weighted by Crippen LogP contribution is -2.43. The van der Waals surface area contributed by atoms with E-state index in [1.807, 2.05) is 19.1 Å². The molecular weight excluding hydrogens is 318 g/mol. The van der Waals surface area contributed by atoms with Gasteiger partial charge in [0.15, 0.2) is 0 Å². The summed E-state index contributed by atoms with van der Waals surface area (Å²) in [5.41, 5.74) is 0.289. The van der Waals surface area contributed by atoms with Crippen molar-refractivity contribution in [2.24, 2.45) is 0 Å². The molecule has 25 heavy (non-hydrogen) atoms. The number of rotatable bonds is 3. The summed E-state index contributed by atoms with van der Waals surface area (Å²) < 4.78 is 7.38. The van der Waals surface area contributed by atoms with Gasteiger partial charge in [0, 0.05) is 36.9 Å². The van der Waals surface area contributed by atoms with Gasteiger partial charge in [-0.3, -0.25) is 9.48 Å². The fourth-order valence-electron chi connectivity index (χ4n) is 4.28. The quantitative estimate of drug-likeness (QED) is 0.801. The minimum absolute atomic E-state index is 0.105. The molecule has 2 unspecified atom stereocenters. The Kier molecular flexibility index (Phi) is 4.07. The van der Waals surface area contributed by atoms with Crippen molar-refractivity contribution in [3.05, 3.63) is 40.2 Å². The first-order valence-electron chi connectivity index (χ1n) is 9.01. The van der Waals surface area contributed by atoms with Gasteiger partial charge in [-0.15, -0.1) is 0 Å². The van der Waals surface area contributed by atoms with Crippen LogP contribution in [0.1, 0.15) is 43.1 Å². The van der Waals surface area contributed by atoms with Crippen LogP contribution < -0.4 is 5.43 Å². The Morgan fingerprint density at radius 1 is 1.24 bits per heavy atom. The molecule has 6 heteroatoms. The Balaban J connectivity index is 1.62. The summed E-state index contributed by atoms with van der Waals surface area (Å²) in [5.74, 6) is -0.591. The summed E-state index contributed by atoms with van der Waals surface area (Å²) in [4.78, 5) is 27.7. The molecule has 2 saturated heterocycles. The van der Waals surface area contributed by atoms with Crippen LogP contribution in [0.4, 0.5) is 0 Å². The molecule has 132 valence electrons. The van der Waals surface area contributed by atoms with Crippen LogP contribution >= 0.6 is 0 Å². The van der Waals surface area contributed by atoms with Gasteiger partial charge in [-0.05, 0) is 38.9 Å². The van der Waals surface area contributed by atoms with Gasteiger partial charge in [0.2, 0.25) is 11.1 Å². The SMILES string of the molecule is CCn1nc(C(=O)OC2CC3CCC(C2)N3C)c(=O)c2ccccc21. The van der Waals surface area contributed by atoms with Crippen molar-refractivity contribution < 1.29 is 9.53 Å². The number of benzene rings is 1. The zero-order valence-corrected chi connectivity index (χ0v) is 14.6. The standard InChI is InChI=1S/C19H23N3O3/c1-3-22-16-7-5-4-6-15(16)18(23)17(20-22)19(24)25-14-10-12-8-9-13(11-14)21(12)2/h4-7,12-14H,3,8-11H2,1-2H3. The highest BCUT2D eigenvalue weighted by Crippen LogP contribution is 2.35. The minimum atomic E-state index is -0.591. The van der Waals surface area contributed by atoms with E-state index in [0.29, 0.717) is 24.0 Å². The van der Waals surface area contributed by atoms with Gasteiger partial charge >= 0.3 is 5.97 Å². The largest absolute Gasteiger partial charge is 0.457 e. The topological polar surface area (TPSA) is 64.4 Å². The number of piperidine rings is 1. The van der Waals surface area contributed by atoms with Crippen LogP contribution in [-0.2, 0) is 11.3 Å². The Hall–Kier alpha value is -2.21. The van der Waals surface area contributed by atoms with Crippen molar-refractivity contribution in [2.45, 2.75) is 57.3 Å². The molecular formula is C19H23N3O3. The van der Waals surface area contributed by atoms with Crippen molar-refractivity contribution in [1.82, 2.24) is 14.7 Å². The second-order valence-corrected chi connectivity index (χ2v) is 7.06. The first-order chi connectivity index (χ1) is 12.1. The normalized spacial score (nSPS) is 26.1. The molecule has 6 nitrogen and oxygen atoms in total. The third kappa shape index (κ3) is 2.74. The lowest BCUT2D eigenvalue weighted by Gasteiger charge is -2.35. The molecule has 0 saturated carbocycles. The van der Waals surface area contributed by atoms with Gasteiger partial charge in [-0.2, -0.15) is 5.10 Å². The van der Waals surface area contributed by atoms with Crippen molar-refractivity contribution >= 4 is 16.9 Å². The van der Waals surface area contributed by atoms with Gasteiger partial charge in [0.05, 0.1) is 5.52 Å². The van der Waals surface area contributed by atoms with E-state index in [1.165, 1.54) is 0 Å². The van der Waals surface area contributed by atoms with Gasteiger partial charge < -0.3 is 9.64 Å². The van der Waals surface area contributed by atoms with Crippen molar-refractivity contribution in [2.75, 3.05) is 7.05 Å². The van der Waals surface area contributed by atoms with Gasteiger partial charge in [0.25, 0.3) is 0 Å². The number of aromatic nitrogens is 2.